The second-order valence-corrected chi connectivity index (χ2v) is 9.07. The Morgan fingerprint density at radius 1 is 0.962 bits per heavy atom. The summed E-state index contributed by atoms with van der Waals surface area (Å²) in [5.74, 6) is 0.678. The first-order valence-corrected chi connectivity index (χ1v) is 9.69. The summed E-state index contributed by atoms with van der Waals surface area (Å²) in [6.07, 6.45) is 3.32. The minimum atomic E-state index is 0.149. The Labute approximate surface area is 158 Å². The topological polar surface area (TPSA) is 3.88 Å². The van der Waals surface area contributed by atoms with Gasteiger partial charge < -0.3 is 0 Å². The molecule has 2 aromatic carbocycles. The maximum Gasteiger partial charge on any atom is 0.220 e. The van der Waals surface area contributed by atoms with Gasteiger partial charge in [-0.05, 0) is 58.9 Å². The average molecular weight is 347 g/mol. The van der Waals surface area contributed by atoms with Crippen LogP contribution < -0.4 is 4.57 Å². The summed E-state index contributed by atoms with van der Waals surface area (Å²) < 4.78 is 2.26. The van der Waals surface area contributed by atoms with E-state index in [4.69, 9.17) is 0 Å². The summed E-state index contributed by atoms with van der Waals surface area (Å²) in [6.45, 7) is 13.6. The predicted octanol–water partition coefficient (Wildman–Crippen LogP) is 6.14. The van der Waals surface area contributed by atoms with Gasteiger partial charge in [-0.1, -0.05) is 58.9 Å². The van der Waals surface area contributed by atoms with Crippen LogP contribution in [0.2, 0.25) is 0 Å². The van der Waals surface area contributed by atoms with Crippen molar-refractivity contribution in [2.24, 2.45) is 13.0 Å². The highest BCUT2D eigenvalue weighted by atomic mass is 14.9. The second-order valence-electron chi connectivity index (χ2n) is 9.07. The SMILES string of the molecule is Cc1ccc(C(C)(C)C)cc1-c1c2ccc(CC(C)C)cc2cc[n+]1C. The Hall–Kier alpha value is -2.15. The molecule has 3 aromatic rings. The second kappa shape index (κ2) is 6.87. The molecule has 0 bridgehead atoms. The van der Waals surface area contributed by atoms with Gasteiger partial charge in [-0.3, -0.25) is 0 Å². The average Bonchev–Trinajstić information content (AvgIpc) is 2.54. The highest BCUT2D eigenvalue weighted by Gasteiger charge is 2.21. The molecule has 1 nitrogen and oxygen atoms in total. The van der Waals surface area contributed by atoms with Gasteiger partial charge in [0.15, 0.2) is 6.20 Å². The van der Waals surface area contributed by atoms with Crippen molar-refractivity contribution in [2.75, 3.05) is 0 Å². The molecule has 0 atom stereocenters. The molecule has 136 valence electrons. The number of aromatic nitrogens is 1. The van der Waals surface area contributed by atoms with E-state index in [1.54, 1.807) is 0 Å². The molecule has 1 heterocycles. The minimum Gasteiger partial charge on any atom is -0.200 e. The Morgan fingerprint density at radius 3 is 2.35 bits per heavy atom. The number of rotatable bonds is 3. The van der Waals surface area contributed by atoms with Crippen LogP contribution in [-0.4, -0.2) is 0 Å². The lowest BCUT2D eigenvalue weighted by atomic mass is 9.84. The number of nitrogens with zero attached hydrogens (tertiary/aromatic N) is 1. The van der Waals surface area contributed by atoms with Crippen molar-refractivity contribution in [2.45, 2.75) is 53.4 Å². The molecular weight excluding hydrogens is 314 g/mol. The van der Waals surface area contributed by atoms with Crippen LogP contribution in [0.5, 0.6) is 0 Å². The Kier molecular flexibility index (Phi) is 4.92. The zero-order valence-electron chi connectivity index (χ0n) is 17.4. The third kappa shape index (κ3) is 3.67. The number of hydrogen-bond acceptors (Lipinski definition) is 0. The highest BCUT2D eigenvalue weighted by Crippen LogP contribution is 2.32. The molecule has 0 N–H and O–H groups in total. The number of aryl methyl sites for hydroxylation is 2. The number of hydrogen-bond donors (Lipinski definition) is 0. The van der Waals surface area contributed by atoms with E-state index >= 15 is 0 Å². The standard InChI is InChI=1S/C25H32N/c1-17(2)14-19-9-11-22-20(15-19)12-13-26(7)24(22)23-16-21(25(4,5)6)10-8-18(23)3/h8-13,15-17H,14H2,1-7H3/q+1. The molecule has 0 amide bonds. The summed E-state index contributed by atoms with van der Waals surface area (Å²) >= 11 is 0. The van der Waals surface area contributed by atoms with E-state index in [1.807, 2.05) is 0 Å². The van der Waals surface area contributed by atoms with Crippen LogP contribution >= 0.6 is 0 Å². The highest BCUT2D eigenvalue weighted by molar-refractivity contribution is 5.94. The molecule has 0 saturated heterocycles. The molecule has 1 aromatic heterocycles. The molecular formula is C25H32N+. The number of pyridine rings is 1. The lowest BCUT2D eigenvalue weighted by molar-refractivity contribution is -0.659. The van der Waals surface area contributed by atoms with E-state index in [2.05, 4.69) is 102 Å². The molecule has 0 spiro atoms. The molecule has 1 heteroatoms. The largest absolute Gasteiger partial charge is 0.220 e. The maximum absolute atomic E-state index is 2.38. The minimum absolute atomic E-state index is 0.149. The fourth-order valence-electron chi connectivity index (χ4n) is 3.70. The van der Waals surface area contributed by atoms with Gasteiger partial charge >= 0.3 is 0 Å². The molecule has 0 radical (unpaired) electrons. The molecule has 0 aliphatic rings. The summed E-state index contributed by atoms with van der Waals surface area (Å²) in [7, 11) is 2.15. The van der Waals surface area contributed by atoms with Gasteiger partial charge in [0.25, 0.3) is 0 Å². The van der Waals surface area contributed by atoms with Crippen molar-refractivity contribution in [1.82, 2.24) is 0 Å². The fraction of sp³-hybridized carbons (Fsp3) is 0.400. The van der Waals surface area contributed by atoms with Crippen LogP contribution in [0.25, 0.3) is 22.0 Å². The van der Waals surface area contributed by atoms with E-state index in [9.17, 15) is 0 Å². The van der Waals surface area contributed by atoms with Crippen molar-refractivity contribution < 1.29 is 4.57 Å². The zero-order valence-corrected chi connectivity index (χ0v) is 17.4. The van der Waals surface area contributed by atoms with E-state index < -0.39 is 0 Å². The van der Waals surface area contributed by atoms with Crippen molar-refractivity contribution in [3.8, 4) is 11.3 Å². The third-order valence-electron chi connectivity index (χ3n) is 5.20. The molecule has 3 rings (SSSR count). The van der Waals surface area contributed by atoms with Crippen LogP contribution in [0.1, 0.15) is 51.3 Å². The summed E-state index contributed by atoms with van der Waals surface area (Å²) in [4.78, 5) is 0. The predicted molar refractivity (Wildman–Crippen MR) is 113 cm³/mol. The van der Waals surface area contributed by atoms with Crippen molar-refractivity contribution in [1.29, 1.82) is 0 Å². The molecule has 0 aliphatic carbocycles. The van der Waals surface area contributed by atoms with Gasteiger partial charge in [0, 0.05) is 11.6 Å². The van der Waals surface area contributed by atoms with Crippen molar-refractivity contribution in [3.63, 3.8) is 0 Å². The van der Waals surface area contributed by atoms with Gasteiger partial charge in [0.05, 0.1) is 5.39 Å². The van der Waals surface area contributed by atoms with Crippen LogP contribution in [0.15, 0.2) is 48.7 Å². The molecule has 0 saturated carbocycles. The number of fused-ring (bicyclic) bond motifs is 1. The summed E-state index contributed by atoms with van der Waals surface area (Å²) in [6, 6.07) is 16.1. The van der Waals surface area contributed by atoms with Gasteiger partial charge in [-0.15, -0.1) is 0 Å². The smallest absolute Gasteiger partial charge is 0.200 e. The number of benzene rings is 2. The monoisotopic (exact) mass is 346 g/mol. The lowest BCUT2D eigenvalue weighted by Gasteiger charge is -2.20. The van der Waals surface area contributed by atoms with Gasteiger partial charge in [0.1, 0.15) is 7.05 Å². The lowest BCUT2D eigenvalue weighted by Crippen LogP contribution is -2.31. The van der Waals surface area contributed by atoms with Crippen LogP contribution in [0.4, 0.5) is 0 Å². The molecule has 0 aliphatic heterocycles. The fourth-order valence-corrected chi connectivity index (χ4v) is 3.70. The van der Waals surface area contributed by atoms with E-state index in [-0.39, 0.29) is 5.41 Å². The van der Waals surface area contributed by atoms with Gasteiger partial charge in [0.2, 0.25) is 5.69 Å². The Bertz CT molecular complexity index is 942. The molecule has 26 heavy (non-hydrogen) atoms. The summed E-state index contributed by atoms with van der Waals surface area (Å²) in [5, 5.41) is 2.66. The Balaban J connectivity index is 2.23. The molecule has 0 fully saturated rings. The third-order valence-corrected chi connectivity index (χ3v) is 5.20. The van der Waals surface area contributed by atoms with Crippen molar-refractivity contribution in [3.05, 3.63) is 65.4 Å². The van der Waals surface area contributed by atoms with Crippen LogP contribution in [0, 0.1) is 12.8 Å². The van der Waals surface area contributed by atoms with E-state index in [0.717, 1.165) is 6.42 Å². The molecule has 0 unspecified atom stereocenters. The van der Waals surface area contributed by atoms with E-state index in [0.29, 0.717) is 5.92 Å². The van der Waals surface area contributed by atoms with Crippen LogP contribution in [-0.2, 0) is 18.9 Å². The first-order chi connectivity index (χ1) is 12.2. The van der Waals surface area contributed by atoms with E-state index in [1.165, 1.54) is 38.7 Å². The normalized spacial score (nSPS) is 12.2. The first kappa shape index (κ1) is 18.6. The first-order valence-electron chi connectivity index (χ1n) is 9.69. The maximum atomic E-state index is 2.38. The van der Waals surface area contributed by atoms with Gasteiger partial charge in [-0.25, -0.2) is 4.57 Å². The Morgan fingerprint density at radius 2 is 1.69 bits per heavy atom. The van der Waals surface area contributed by atoms with Crippen LogP contribution in [0.3, 0.4) is 0 Å². The zero-order chi connectivity index (χ0) is 19.1. The quantitative estimate of drug-likeness (QED) is 0.502. The summed E-state index contributed by atoms with van der Waals surface area (Å²) in [5.41, 5.74) is 6.92. The van der Waals surface area contributed by atoms with Crippen molar-refractivity contribution >= 4 is 10.8 Å². The van der Waals surface area contributed by atoms with Gasteiger partial charge in [-0.2, -0.15) is 0 Å².